The van der Waals surface area contributed by atoms with Gasteiger partial charge in [0.1, 0.15) is 0 Å². The average molecular weight is 330 g/mol. The molecule has 118 valence electrons. The van der Waals surface area contributed by atoms with Gasteiger partial charge in [-0.15, -0.1) is 11.8 Å². The lowest BCUT2D eigenvalue weighted by molar-refractivity contribution is 0.0899. The predicted octanol–water partition coefficient (Wildman–Crippen LogP) is 3.98. The van der Waals surface area contributed by atoms with Crippen LogP contribution in [0.15, 0.2) is 23.1 Å². The zero-order valence-electron chi connectivity index (χ0n) is 13.1. The van der Waals surface area contributed by atoms with E-state index >= 15 is 0 Å². The summed E-state index contributed by atoms with van der Waals surface area (Å²) < 4.78 is 0. The number of rotatable bonds is 7. The number of hydrogen-bond donors (Lipinski definition) is 2. The molecule has 1 unspecified atom stereocenters. The third-order valence-corrected chi connectivity index (χ3v) is 4.25. The fraction of sp³-hybridized carbons (Fsp3) is 0.562. The molecule has 1 amide bonds. The average Bonchev–Trinajstić information content (AvgIpc) is 2.37. The Balaban J connectivity index is 2.77. The lowest BCUT2D eigenvalue weighted by Crippen LogP contribution is -2.35. The molecule has 1 aromatic rings. The SMILES string of the molecule is CCSc1ccc(Cl)cc1C(=O)NCC(C)(C)CC(C)O. The summed E-state index contributed by atoms with van der Waals surface area (Å²) in [5.41, 5.74) is 0.461. The van der Waals surface area contributed by atoms with Crippen LogP contribution in [-0.4, -0.2) is 29.4 Å². The number of amides is 1. The van der Waals surface area contributed by atoms with Gasteiger partial charge in [-0.25, -0.2) is 0 Å². The van der Waals surface area contributed by atoms with Crippen molar-refractivity contribution in [3.63, 3.8) is 0 Å². The second-order valence-electron chi connectivity index (χ2n) is 5.97. The third kappa shape index (κ3) is 6.29. The van der Waals surface area contributed by atoms with Crippen LogP contribution in [0.2, 0.25) is 5.02 Å². The molecule has 2 N–H and O–H groups in total. The van der Waals surface area contributed by atoms with Crippen molar-refractivity contribution in [1.29, 1.82) is 0 Å². The lowest BCUT2D eigenvalue weighted by atomic mass is 9.87. The molecule has 0 spiro atoms. The zero-order valence-corrected chi connectivity index (χ0v) is 14.6. The summed E-state index contributed by atoms with van der Waals surface area (Å²) in [5, 5.41) is 13.0. The van der Waals surface area contributed by atoms with Crippen molar-refractivity contribution in [2.45, 2.75) is 45.1 Å². The molecule has 0 aliphatic rings. The molecule has 0 aliphatic carbocycles. The summed E-state index contributed by atoms with van der Waals surface area (Å²) in [7, 11) is 0. The van der Waals surface area contributed by atoms with Gasteiger partial charge in [-0.1, -0.05) is 32.4 Å². The van der Waals surface area contributed by atoms with Crippen molar-refractivity contribution in [2.75, 3.05) is 12.3 Å². The van der Waals surface area contributed by atoms with Crippen molar-refractivity contribution < 1.29 is 9.90 Å². The standard InChI is InChI=1S/C16H24ClNO2S/c1-5-21-14-7-6-12(17)8-13(14)15(20)18-10-16(3,4)9-11(2)19/h6-8,11,19H,5,9-10H2,1-4H3,(H,18,20). The van der Waals surface area contributed by atoms with E-state index in [9.17, 15) is 9.90 Å². The minimum Gasteiger partial charge on any atom is -0.393 e. The van der Waals surface area contributed by atoms with Gasteiger partial charge in [0.05, 0.1) is 11.7 Å². The number of aliphatic hydroxyl groups excluding tert-OH is 1. The number of carbonyl (C=O) groups is 1. The molecule has 0 aliphatic heterocycles. The van der Waals surface area contributed by atoms with Crippen molar-refractivity contribution in [1.82, 2.24) is 5.32 Å². The summed E-state index contributed by atoms with van der Waals surface area (Å²) >= 11 is 7.62. The van der Waals surface area contributed by atoms with Gasteiger partial charge in [-0.05, 0) is 42.7 Å². The molecule has 5 heteroatoms. The van der Waals surface area contributed by atoms with Crippen molar-refractivity contribution >= 4 is 29.3 Å². The van der Waals surface area contributed by atoms with Crippen LogP contribution < -0.4 is 5.32 Å². The van der Waals surface area contributed by atoms with E-state index in [1.165, 1.54) is 0 Å². The quantitative estimate of drug-likeness (QED) is 0.744. The Morgan fingerprint density at radius 1 is 1.48 bits per heavy atom. The smallest absolute Gasteiger partial charge is 0.252 e. The molecule has 1 atom stereocenters. The third-order valence-electron chi connectivity index (χ3n) is 3.06. The van der Waals surface area contributed by atoms with E-state index in [0.29, 0.717) is 23.6 Å². The largest absolute Gasteiger partial charge is 0.393 e. The number of aliphatic hydroxyl groups is 1. The Morgan fingerprint density at radius 3 is 2.71 bits per heavy atom. The van der Waals surface area contributed by atoms with Crippen LogP contribution in [0.4, 0.5) is 0 Å². The highest BCUT2D eigenvalue weighted by molar-refractivity contribution is 7.99. The van der Waals surface area contributed by atoms with E-state index in [4.69, 9.17) is 11.6 Å². The minimum atomic E-state index is -0.380. The zero-order chi connectivity index (χ0) is 16.0. The first-order chi connectivity index (χ1) is 9.75. The highest BCUT2D eigenvalue weighted by Gasteiger charge is 2.22. The van der Waals surface area contributed by atoms with Crippen LogP contribution in [0.25, 0.3) is 0 Å². The normalized spacial score (nSPS) is 13.0. The van der Waals surface area contributed by atoms with E-state index in [0.717, 1.165) is 10.6 Å². The molecule has 0 aromatic heterocycles. The Kier molecular flexibility index (Phi) is 7.04. The molecule has 0 bridgehead atoms. The van der Waals surface area contributed by atoms with Crippen molar-refractivity contribution in [3.05, 3.63) is 28.8 Å². The predicted molar refractivity (Wildman–Crippen MR) is 90.3 cm³/mol. The number of benzene rings is 1. The topological polar surface area (TPSA) is 49.3 Å². The Labute approximate surface area is 136 Å². The summed E-state index contributed by atoms with van der Waals surface area (Å²) in [5.74, 6) is 0.780. The number of carbonyl (C=O) groups excluding carboxylic acids is 1. The highest BCUT2D eigenvalue weighted by Crippen LogP contribution is 2.26. The lowest BCUT2D eigenvalue weighted by Gasteiger charge is -2.26. The van der Waals surface area contributed by atoms with Crippen LogP contribution in [0.1, 0.15) is 44.5 Å². The van der Waals surface area contributed by atoms with Gasteiger partial charge in [0, 0.05) is 16.5 Å². The first kappa shape index (κ1) is 18.3. The molecule has 1 aromatic carbocycles. The molecule has 1 rings (SSSR count). The minimum absolute atomic E-state index is 0.118. The van der Waals surface area contributed by atoms with E-state index in [2.05, 4.69) is 5.32 Å². The molecule has 0 radical (unpaired) electrons. The fourth-order valence-corrected chi connectivity index (χ4v) is 3.20. The fourth-order valence-electron chi connectivity index (χ4n) is 2.25. The van der Waals surface area contributed by atoms with Crippen molar-refractivity contribution in [2.24, 2.45) is 5.41 Å². The highest BCUT2D eigenvalue weighted by atomic mass is 35.5. The van der Waals surface area contributed by atoms with Gasteiger partial charge in [0.2, 0.25) is 0 Å². The molecule has 21 heavy (non-hydrogen) atoms. The van der Waals surface area contributed by atoms with Crippen LogP contribution in [0.5, 0.6) is 0 Å². The van der Waals surface area contributed by atoms with Gasteiger partial charge in [-0.2, -0.15) is 0 Å². The first-order valence-electron chi connectivity index (χ1n) is 7.14. The summed E-state index contributed by atoms with van der Waals surface area (Å²) in [6, 6.07) is 5.39. The Hall–Kier alpha value is -0.710. The van der Waals surface area contributed by atoms with Gasteiger partial charge in [0.25, 0.3) is 5.91 Å². The van der Waals surface area contributed by atoms with Crippen LogP contribution in [0, 0.1) is 5.41 Å². The maximum atomic E-state index is 12.4. The second kappa shape index (κ2) is 8.06. The molecule has 0 saturated heterocycles. The van der Waals surface area contributed by atoms with E-state index < -0.39 is 0 Å². The van der Waals surface area contributed by atoms with Crippen LogP contribution in [-0.2, 0) is 0 Å². The van der Waals surface area contributed by atoms with Gasteiger partial charge >= 0.3 is 0 Å². The summed E-state index contributed by atoms with van der Waals surface area (Å²) in [6.07, 6.45) is 0.258. The second-order valence-corrected chi connectivity index (χ2v) is 7.72. The first-order valence-corrected chi connectivity index (χ1v) is 8.50. The summed E-state index contributed by atoms with van der Waals surface area (Å²) in [6.45, 7) is 8.38. The molecular formula is C16H24ClNO2S. The maximum absolute atomic E-state index is 12.4. The number of hydrogen-bond acceptors (Lipinski definition) is 3. The molecule has 3 nitrogen and oxygen atoms in total. The van der Waals surface area contributed by atoms with E-state index in [-0.39, 0.29) is 17.4 Å². The maximum Gasteiger partial charge on any atom is 0.252 e. The van der Waals surface area contributed by atoms with E-state index in [1.807, 2.05) is 26.8 Å². The van der Waals surface area contributed by atoms with Crippen LogP contribution in [0.3, 0.4) is 0 Å². The summed E-state index contributed by atoms with van der Waals surface area (Å²) in [4.78, 5) is 13.3. The number of nitrogens with one attached hydrogen (secondary N) is 1. The molecule has 0 saturated carbocycles. The van der Waals surface area contributed by atoms with Crippen LogP contribution >= 0.6 is 23.4 Å². The monoisotopic (exact) mass is 329 g/mol. The van der Waals surface area contributed by atoms with Gasteiger partial charge in [0.15, 0.2) is 0 Å². The van der Waals surface area contributed by atoms with Gasteiger partial charge < -0.3 is 10.4 Å². The Morgan fingerprint density at radius 2 is 2.14 bits per heavy atom. The Bertz CT molecular complexity index is 489. The molecule has 0 heterocycles. The van der Waals surface area contributed by atoms with E-state index in [1.54, 1.807) is 30.8 Å². The molecule has 0 fully saturated rings. The molecular weight excluding hydrogens is 306 g/mol. The number of thioether (sulfide) groups is 1. The number of halogens is 1. The van der Waals surface area contributed by atoms with Crippen molar-refractivity contribution in [3.8, 4) is 0 Å². The van der Waals surface area contributed by atoms with Gasteiger partial charge in [-0.3, -0.25) is 4.79 Å².